The summed E-state index contributed by atoms with van der Waals surface area (Å²) in [4.78, 5) is 162. The Bertz CT molecular complexity index is 2240. The summed E-state index contributed by atoms with van der Waals surface area (Å²) in [7, 11) is 0. The number of fused-ring (bicyclic) bond motifs is 1. The molecule has 0 spiro atoms. The molecule has 2 saturated heterocycles. The van der Waals surface area contributed by atoms with Crippen LogP contribution in [0.4, 0.5) is 0 Å². The molecule has 0 bridgehead atoms. The lowest BCUT2D eigenvalue weighted by molar-refractivity contribution is -0.143. The molecule has 12 amide bonds. The van der Waals surface area contributed by atoms with Crippen molar-refractivity contribution in [1.82, 2.24) is 42.1 Å². The molecule has 75 heavy (non-hydrogen) atoms. The third-order valence-corrected chi connectivity index (χ3v) is 12.4. The average molecular weight is 1060 g/mol. The predicted octanol–water partition coefficient (Wildman–Crippen LogP) is -3.45. The molecule has 17 N–H and O–H groups in total. The summed E-state index contributed by atoms with van der Waals surface area (Å²) < 4.78 is 0. The van der Waals surface area contributed by atoms with Crippen molar-refractivity contribution >= 4 is 70.9 Å². The number of allylic oxidation sites excluding steroid dienone is 2. The first-order valence-corrected chi connectivity index (χ1v) is 25.1. The van der Waals surface area contributed by atoms with Crippen LogP contribution < -0.4 is 60.2 Å². The number of rotatable bonds is 21. The number of carbonyl (C=O) groups excluding carboxylic acids is 12. The SMILES string of the molecule is CC(C)CCC/C=C/CCCC[C@@H]1CC(=O)N[C@@H](CC(N)=O)C(=O)N[C@@H](Cc2ccc(O)cc2)C(=O)N[C@H](CC(N)=O)C(=O)N[C@@H](CCC(N)=O)C(=O)N2CCC[C@H]2C(=O)N[C@@H](CC(N)=O)C(=O)N[C@H](CO)C(=O)N1. The molecular weight excluding hydrogens is 981 g/mol. The molecule has 0 saturated carbocycles. The number of aromatic hydroxyl groups is 1. The van der Waals surface area contributed by atoms with Gasteiger partial charge in [0.2, 0.25) is 70.9 Å². The van der Waals surface area contributed by atoms with Crippen molar-refractivity contribution in [1.29, 1.82) is 0 Å². The number of aliphatic hydroxyl groups excluding tert-OH is 1. The Morgan fingerprint density at radius 2 is 1.11 bits per heavy atom. The summed E-state index contributed by atoms with van der Waals surface area (Å²) in [6.07, 6.45) is 4.81. The van der Waals surface area contributed by atoms with Crippen LogP contribution in [-0.4, -0.2) is 147 Å². The molecule has 1 aromatic carbocycles. The van der Waals surface area contributed by atoms with Crippen molar-refractivity contribution in [2.75, 3.05) is 13.2 Å². The quantitative estimate of drug-likeness (QED) is 0.0421. The Hall–Kier alpha value is -7.64. The minimum absolute atomic E-state index is 0.00100. The molecule has 26 nitrogen and oxygen atoms in total. The van der Waals surface area contributed by atoms with E-state index in [0.29, 0.717) is 30.7 Å². The number of benzene rings is 1. The maximum absolute atomic E-state index is 14.3. The van der Waals surface area contributed by atoms with Crippen molar-refractivity contribution in [3.8, 4) is 5.75 Å². The monoisotopic (exact) mass is 1050 g/mol. The smallest absolute Gasteiger partial charge is 0.245 e. The molecule has 0 aliphatic carbocycles. The molecule has 0 unspecified atom stereocenters. The Labute approximate surface area is 434 Å². The molecular formula is C49H74N12O14. The zero-order valence-corrected chi connectivity index (χ0v) is 42.4. The lowest BCUT2D eigenvalue weighted by Crippen LogP contribution is -2.60. The summed E-state index contributed by atoms with van der Waals surface area (Å²) >= 11 is 0. The average Bonchev–Trinajstić information content (AvgIpc) is 3.83. The van der Waals surface area contributed by atoms with Gasteiger partial charge >= 0.3 is 0 Å². The lowest BCUT2D eigenvalue weighted by Gasteiger charge is -2.31. The molecule has 2 aliphatic rings. The Morgan fingerprint density at radius 1 is 0.613 bits per heavy atom. The van der Waals surface area contributed by atoms with E-state index < -0.39 is 164 Å². The van der Waals surface area contributed by atoms with Crippen LogP contribution >= 0.6 is 0 Å². The lowest BCUT2D eigenvalue weighted by atomic mass is 10.0. The summed E-state index contributed by atoms with van der Waals surface area (Å²) in [5.41, 5.74) is 22.2. The van der Waals surface area contributed by atoms with Gasteiger partial charge in [0, 0.05) is 31.8 Å². The second-order valence-corrected chi connectivity index (χ2v) is 19.2. The Balaban J connectivity index is 2.13. The number of phenolic OH excluding ortho intramolecular Hbond substituents is 1. The van der Waals surface area contributed by atoms with Crippen LogP contribution in [0.1, 0.15) is 116 Å². The van der Waals surface area contributed by atoms with Crippen LogP contribution in [0, 0.1) is 5.92 Å². The maximum Gasteiger partial charge on any atom is 0.245 e. The van der Waals surface area contributed by atoms with E-state index in [4.69, 9.17) is 22.9 Å². The standard InChI is InChI=1S/C49H74N12O14/c1-27(2)11-8-6-4-3-5-7-9-12-29-22-42(68)55-33(23-39(51)65)44(70)57-32(21-28-14-16-30(63)17-15-28)43(69)58-34(24-40(52)66)45(71)56-31(18-19-38(50)64)49(75)61-20-10-13-37(61)48(74)59-35(25-41(53)67)46(72)60-36(26-62)47(73)54-29/h3-4,14-17,27,29,31-37,62-63H,5-13,18-26H2,1-2H3,(H2,50,64)(H2,51,65)(H2,52,66)(H2,53,67)(H,54,73)(H,55,68)(H,56,71)(H,57,70)(H,58,69)(H,59,74)(H,60,72)/b4-3+/t29-,31+,32+,33+,34-,35+,36-,37+/m1/s1. The maximum atomic E-state index is 14.3. The van der Waals surface area contributed by atoms with Gasteiger partial charge in [-0.05, 0) is 75.0 Å². The number of primary amides is 4. The summed E-state index contributed by atoms with van der Waals surface area (Å²) in [6, 6.07) is -7.44. The van der Waals surface area contributed by atoms with Crippen molar-refractivity contribution in [3.63, 3.8) is 0 Å². The highest BCUT2D eigenvalue weighted by Gasteiger charge is 2.41. The largest absolute Gasteiger partial charge is 0.508 e. The summed E-state index contributed by atoms with van der Waals surface area (Å²) in [5, 5.41) is 37.2. The number of nitrogens with zero attached hydrogens (tertiary/aromatic N) is 1. The fourth-order valence-electron chi connectivity index (χ4n) is 8.44. The fourth-order valence-corrected chi connectivity index (χ4v) is 8.44. The van der Waals surface area contributed by atoms with Crippen LogP contribution in [0.5, 0.6) is 5.75 Å². The fraction of sp³-hybridized carbons (Fsp3) is 0.592. The topological polar surface area (TPSA) is 437 Å². The summed E-state index contributed by atoms with van der Waals surface area (Å²) in [5.74, 6) is -12.1. The van der Waals surface area contributed by atoms with E-state index in [1.54, 1.807) is 0 Å². The molecule has 8 atom stereocenters. The van der Waals surface area contributed by atoms with E-state index in [1.807, 2.05) is 6.08 Å². The van der Waals surface area contributed by atoms with E-state index in [2.05, 4.69) is 57.1 Å². The zero-order valence-electron chi connectivity index (χ0n) is 42.4. The van der Waals surface area contributed by atoms with Crippen LogP contribution in [0.3, 0.4) is 0 Å². The van der Waals surface area contributed by atoms with E-state index in [-0.39, 0.29) is 38.0 Å². The van der Waals surface area contributed by atoms with Gasteiger partial charge in [-0.1, -0.05) is 51.0 Å². The molecule has 26 heteroatoms. The van der Waals surface area contributed by atoms with Crippen molar-refractivity contribution in [2.24, 2.45) is 28.9 Å². The van der Waals surface area contributed by atoms with Crippen LogP contribution in [0.2, 0.25) is 0 Å². The predicted molar refractivity (Wildman–Crippen MR) is 268 cm³/mol. The van der Waals surface area contributed by atoms with E-state index >= 15 is 0 Å². The van der Waals surface area contributed by atoms with Crippen molar-refractivity contribution in [2.45, 2.75) is 165 Å². The number of hydrogen-bond donors (Lipinski definition) is 13. The highest BCUT2D eigenvalue weighted by atomic mass is 16.3. The van der Waals surface area contributed by atoms with Crippen LogP contribution in [0.15, 0.2) is 36.4 Å². The molecule has 0 aromatic heterocycles. The number of unbranched alkanes of at least 4 members (excludes halogenated alkanes) is 3. The first-order chi connectivity index (χ1) is 35.5. The van der Waals surface area contributed by atoms with Crippen molar-refractivity contribution < 1.29 is 67.7 Å². The number of aliphatic hydroxyl groups is 1. The first-order valence-electron chi connectivity index (χ1n) is 25.1. The normalized spacial score (nSPS) is 24.1. The minimum Gasteiger partial charge on any atom is -0.508 e. The molecule has 2 heterocycles. The molecule has 2 aliphatic heterocycles. The molecule has 414 valence electrons. The third-order valence-electron chi connectivity index (χ3n) is 12.4. The highest BCUT2D eigenvalue weighted by Crippen LogP contribution is 2.21. The molecule has 2 fully saturated rings. The first kappa shape index (κ1) is 61.7. The number of nitrogens with one attached hydrogen (secondary N) is 7. The number of amides is 12. The highest BCUT2D eigenvalue weighted by molar-refractivity contribution is 6.00. The Kier molecular flexibility index (Phi) is 25.6. The number of hydrogen-bond acceptors (Lipinski definition) is 14. The van der Waals surface area contributed by atoms with Gasteiger partial charge in [-0.15, -0.1) is 0 Å². The molecule has 3 rings (SSSR count). The Morgan fingerprint density at radius 3 is 1.65 bits per heavy atom. The van der Waals surface area contributed by atoms with Crippen LogP contribution in [0.25, 0.3) is 0 Å². The van der Waals surface area contributed by atoms with Gasteiger partial charge in [0.1, 0.15) is 48.0 Å². The van der Waals surface area contributed by atoms with Crippen molar-refractivity contribution in [3.05, 3.63) is 42.0 Å². The second-order valence-electron chi connectivity index (χ2n) is 19.2. The van der Waals surface area contributed by atoms with Gasteiger partial charge in [-0.25, -0.2) is 0 Å². The number of nitrogens with two attached hydrogens (primary N) is 4. The summed E-state index contributed by atoms with van der Waals surface area (Å²) in [6.45, 7) is 3.17. The third kappa shape index (κ3) is 22.2. The van der Waals surface area contributed by atoms with E-state index in [9.17, 15) is 67.7 Å². The van der Waals surface area contributed by atoms with Gasteiger partial charge in [-0.2, -0.15) is 0 Å². The van der Waals surface area contributed by atoms with Gasteiger partial charge < -0.3 is 75.3 Å². The van der Waals surface area contributed by atoms with Gasteiger partial charge in [0.05, 0.1) is 25.9 Å². The number of phenols is 1. The van der Waals surface area contributed by atoms with E-state index in [0.717, 1.165) is 24.2 Å². The van der Waals surface area contributed by atoms with Gasteiger partial charge in [-0.3, -0.25) is 57.5 Å². The van der Waals surface area contributed by atoms with E-state index in [1.165, 1.54) is 24.3 Å². The number of carbonyl (C=O) groups is 12. The van der Waals surface area contributed by atoms with Crippen LogP contribution in [-0.2, 0) is 64.0 Å². The molecule has 0 radical (unpaired) electrons. The van der Waals surface area contributed by atoms with Gasteiger partial charge in [0.15, 0.2) is 0 Å². The molecule has 1 aromatic rings. The van der Waals surface area contributed by atoms with Gasteiger partial charge in [0.25, 0.3) is 0 Å². The zero-order chi connectivity index (χ0) is 55.8. The minimum atomic E-state index is -1.86. The second kappa shape index (κ2) is 31.2.